The van der Waals surface area contributed by atoms with Gasteiger partial charge in [0.15, 0.2) is 0 Å². The van der Waals surface area contributed by atoms with Crippen molar-refractivity contribution in [2.24, 2.45) is 11.3 Å². The number of carboxylic acid groups (broad SMARTS) is 1. The van der Waals surface area contributed by atoms with E-state index in [1.807, 2.05) is 4.90 Å². The Labute approximate surface area is 89.3 Å². The molecular formula is C11H17NO3. The van der Waals surface area contributed by atoms with Gasteiger partial charge in [-0.3, -0.25) is 9.59 Å². The Morgan fingerprint density at radius 1 is 1.40 bits per heavy atom. The van der Waals surface area contributed by atoms with Crippen LogP contribution in [0, 0.1) is 11.3 Å². The summed E-state index contributed by atoms with van der Waals surface area (Å²) in [5.74, 6) is -0.740. The standard InChI is InChI=1S/C11H17NO3/c1-8(13)12-5-4-11(7-12)3-2-9(6-11)10(14)15/h9H,2-7H2,1H3,(H,14,15)/t9-,11+/m0/s1. The van der Waals surface area contributed by atoms with E-state index in [-0.39, 0.29) is 17.2 Å². The lowest BCUT2D eigenvalue weighted by molar-refractivity contribution is -0.141. The van der Waals surface area contributed by atoms with Gasteiger partial charge in [-0.25, -0.2) is 0 Å². The number of likely N-dealkylation sites (tertiary alicyclic amines) is 1. The molecule has 0 radical (unpaired) electrons. The van der Waals surface area contributed by atoms with E-state index in [9.17, 15) is 9.59 Å². The van der Waals surface area contributed by atoms with Crippen molar-refractivity contribution >= 4 is 11.9 Å². The molecule has 0 bridgehead atoms. The SMILES string of the molecule is CC(=O)N1CC[C@@]2(CC[C@H](C(=O)O)C2)C1. The molecule has 1 heterocycles. The van der Waals surface area contributed by atoms with Gasteiger partial charge in [-0.15, -0.1) is 0 Å². The van der Waals surface area contributed by atoms with Gasteiger partial charge in [0, 0.05) is 20.0 Å². The van der Waals surface area contributed by atoms with Crippen LogP contribution in [0.2, 0.25) is 0 Å². The molecule has 15 heavy (non-hydrogen) atoms. The highest BCUT2D eigenvalue weighted by Crippen LogP contribution is 2.48. The highest BCUT2D eigenvalue weighted by Gasteiger charge is 2.46. The number of hydrogen-bond donors (Lipinski definition) is 1. The lowest BCUT2D eigenvalue weighted by Crippen LogP contribution is -2.29. The number of hydrogen-bond acceptors (Lipinski definition) is 2. The molecule has 1 spiro atoms. The monoisotopic (exact) mass is 211 g/mol. The molecule has 4 heteroatoms. The first-order chi connectivity index (χ1) is 7.02. The topological polar surface area (TPSA) is 57.6 Å². The first-order valence-corrected chi connectivity index (χ1v) is 5.51. The van der Waals surface area contributed by atoms with E-state index in [1.165, 1.54) is 0 Å². The van der Waals surface area contributed by atoms with Crippen LogP contribution in [0.15, 0.2) is 0 Å². The van der Waals surface area contributed by atoms with Gasteiger partial charge in [-0.2, -0.15) is 0 Å². The molecule has 1 N–H and O–H groups in total. The van der Waals surface area contributed by atoms with Crippen LogP contribution >= 0.6 is 0 Å². The van der Waals surface area contributed by atoms with Gasteiger partial charge >= 0.3 is 5.97 Å². The summed E-state index contributed by atoms with van der Waals surface area (Å²) >= 11 is 0. The van der Waals surface area contributed by atoms with Crippen LogP contribution in [0.1, 0.15) is 32.6 Å². The zero-order valence-corrected chi connectivity index (χ0v) is 9.03. The van der Waals surface area contributed by atoms with E-state index < -0.39 is 5.97 Å². The maximum atomic E-state index is 11.2. The van der Waals surface area contributed by atoms with Gasteiger partial charge in [0.05, 0.1) is 5.92 Å². The molecule has 0 aromatic rings. The molecule has 4 nitrogen and oxygen atoms in total. The summed E-state index contributed by atoms with van der Waals surface area (Å²) < 4.78 is 0. The van der Waals surface area contributed by atoms with Gasteiger partial charge in [0.1, 0.15) is 0 Å². The highest BCUT2D eigenvalue weighted by molar-refractivity contribution is 5.74. The van der Waals surface area contributed by atoms with Gasteiger partial charge in [0.2, 0.25) is 5.91 Å². The van der Waals surface area contributed by atoms with Crippen LogP contribution in [0.4, 0.5) is 0 Å². The fourth-order valence-electron chi connectivity index (χ4n) is 2.99. The third-order valence-corrected chi connectivity index (χ3v) is 3.94. The Hall–Kier alpha value is -1.06. The zero-order valence-electron chi connectivity index (χ0n) is 9.03. The first kappa shape index (κ1) is 10.5. The highest BCUT2D eigenvalue weighted by atomic mass is 16.4. The molecule has 2 aliphatic rings. The van der Waals surface area contributed by atoms with Crippen molar-refractivity contribution in [2.75, 3.05) is 13.1 Å². The van der Waals surface area contributed by atoms with E-state index >= 15 is 0 Å². The summed E-state index contributed by atoms with van der Waals surface area (Å²) in [5, 5.41) is 8.95. The molecule has 1 aliphatic carbocycles. The van der Waals surface area contributed by atoms with E-state index in [0.29, 0.717) is 0 Å². The van der Waals surface area contributed by atoms with E-state index in [0.717, 1.165) is 38.8 Å². The summed E-state index contributed by atoms with van der Waals surface area (Å²) in [6.07, 6.45) is 3.48. The average Bonchev–Trinajstić information content (AvgIpc) is 2.74. The summed E-state index contributed by atoms with van der Waals surface area (Å²) in [7, 11) is 0. The summed E-state index contributed by atoms with van der Waals surface area (Å²) in [4.78, 5) is 23.9. The number of carbonyl (C=O) groups excluding carboxylic acids is 1. The third-order valence-electron chi connectivity index (χ3n) is 3.94. The summed E-state index contributed by atoms with van der Waals surface area (Å²) in [6.45, 7) is 3.16. The molecule has 0 aromatic carbocycles. The predicted octanol–water partition coefficient (Wildman–Crippen LogP) is 1.11. The summed E-state index contributed by atoms with van der Waals surface area (Å²) in [5.41, 5.74) is 0.120. The van der Waals surface area contributed by atoms with Crippen LogP contribution in [-0.2, 0) is 9.59 Å². The Morgan fingerprint density at radius 2 is 2.13 bits per heavy atom. The number of carboxylic acids is 1. The van der Waals surface area contributed by atoms with Crippen molar-refractivity contribution in [3.63, 3.8) is 0 Å². The Morgan fingerprint density at radius 3 is 2.60 bits per heavy atom. The molecule has 0 unspecified atom stereocenters. The van der Waals surface area contributed by atoms with E-state index in [1.54, 1.807) is 6.92 Å². The number of aliphatic carboxylic acids is 1. The average molecular weight is 211 g/mol. The van der Waals surface area contributed by atoms with Crippen molar-refractivity contribution in [1.82, 2.24) is 4.90 Å². The molecule has 0 aromatic heterocycles. The minimum Gasteiger partial charge on any atom is -0.481 e. The fourth-order valence-corrected chi connectivity index (χ4v) is 2.99. The van der Waals surface area contributed by atoms with Crippen molar-refractivity contribution < 1.29 is 14.7 Å². The first-order valence-electron chi connectivity index (χ1n) is 5.51. The van der Waals surface area contributed by atoms with Crippen LogP contribution in [0.25, 0.3) is 0 Å². The number of amides is 1. The Bertz CT molecular complexity index is 270. The molecule has 2 atom stereocenters. The smallest absolute Gasteiger partial charge is 0.306 e. The molecule has 2 fully saturated rings. The lowest BCUT2D eigenvalue weighted by Gasteiger charge is -2.23. The van der Waals surface area contributed by atoms with Gasteiger partial charge in [-0.05, 0) is 31.1 Å². The second kappa shape index (κ2) is 3.51. The largest absolute Gasteiger partial charge is 0.481 e. The molecule has 84 valence electrons. The Balaban J connectivity index is 2.00. The Kier molecular flexibility index (Phi) is 2.44. The maximum Gasteiger partial charge on any atom is 0.306 e. The molecule has 1 aliphatic heterocycles. The van der Waals surface area contributed by atoms with Crippen LogP contribution in [0.5, 0.6) is 0 Å². The molecule has 1 saturated carbocycles. The quantitative estimate of drug-likeness (QED) is 0.706. The predicted molar refractivity (Wildman–Crippen MR) is 54.3 cm³/mol. The van der Waals surface area contributed by atoms with Crippen LogP contribution < -0.4 is 0 Å². The maximum absolute atomic E-state index is 11.2. The molecule has 2 rings (SSSR count). The van der Waals surface area contributed by atoms with Gasteiger partial charge < -0.3 is 10.0 Å². The van der Waals surface area contributed by atoms with Crippen molar-refractivity contribution in [3.05, 3.63) is 0 Å². The number of carbonyl (C=O) groups is 2. The molecule has 1 saturated heterocycles. The zero-order chi connectivity index (χ0) is 11.1. The third kappa shape index (κ3) is 1.85. The van der Waals surface area contributed by atoms with Gasteiger partial charge in [-0.1, -0.05) is 0 Å². The fraction of sp³-hybridized carbons (Fsp3) is 0.818. The second-order valence-electron chi connectivity index (χ2n) is 4.97. The molecular weight excluding hydrogens is 194 g/mol. The van der Waals surface area contributed by atoms with E-state index in [2.05, 4.69) is 0 Å². The second-order valence-corrected chi connectivity index (χ2v) is 4.97. The minimum absolute atomic E-state index is 0.116. The van der Waals surface area contributed by atoms with E-state index in [4.69, 9.17) is 5.11 Å². The van der Waals surface area contributed by atoms with Gasteiger partial charge in [0.25, 0.3) is 0 Å². The number of nitrogens with zero attached hydrogens (tertiary/aromatic N) is 1. The van der Waals surface area contributed by atoms with Crippen LogP contribution in [0.3, 0.4) is 0 Å². The van der Waals surface area contributed by atoms with Crippen LogP contribution in [-0.4, -0.2) is 35.0 Å². The number of rotatable bonds is 1. The normalized spacial score (nSPS) is 35.0. The lowest BCUT2D eigenvalue weighted by atomic mass is 9.84. The van der Waals surface area contributed by atoms with Crippen molar-refractivity contribution in [3.8, 4) is 0 Å². The summed E-state index contributed by atoms with van der Waals surface area (Å²) in [6, 6.07) is 0. The minimum atomic E-state index is -0.673. The molecule has 1 amide bonds. The van der Waals surface area contributed by atoms with Crippen molar-refractivity contribution in [1.29, 1.82) is 0 Å². The van der Waals surface area contributed by atoms with Crippen molar-refractivity contribution in [2.45, 2.75) is 32.6 Å².